The first-order valence-electron chi connectivity index (χ1n) is 13.4. The molecule has 8 nitrogen and oxygen atoms in total. The molecule has 1 fully saturated rings. The highest BCUT2D eigenvalue weighted by Gasteiger charge is 2.36. The summed E-state index contributed by atoms with van der Waals surface area (Å²) in [5, 5.41) is 11.9. The number of benzene rings is 2. The number of nitro benzene ring substituents is 1. The van der Waals surface area contributed by atoms with Gasteiger partial charge in [0.25, 0.3) is 11.6 Å². The van der Waals surface area contributed by atoms with Crippen molar-refractivity contribution >= 4 is 23.2 Å². The van der Waals surface area contributed by atoms with Crippen molar-refractivity contribution in [2.45, 2.75) is 31.6 Å². The molecule has 0 N–H and O–H groups in total. The van der Waals surface area contributed by atoms with Crippen molar-refractivity contribution < 1.29 is 22.9 Å². The summed E-state index contributed by atoms with van der Waals surface area (Å²) in [6.45, 7) is 4.67. The number of carbonyl (C=O) groups is 1. The summed E-state index contributed by atoms with van der Waals surface area (Å²) in [5.41, 5.74) is 0.949. The lowest BCUT2D eigenvalue weighted by Gasteiger charge is -2.42. The molecule has 1 atom stereocenters. The van der Waals surface area contributed by atoms with Crippen molar-refractivity contribution in [3.63, 3.8) is 0 Å². The van der Waals surface area contributed by atoms with E-state index in [1.807, 2.05) is 24.4 Å². The summed E-state index contributed by atoms with van der Waals surface area (Å²) in [6.07, 6.45) is -1.66. The van der Waals surface area contributed by atoms with Crippen LogP contribution in [0.25, 0.3) is 0 Å². The molecule has 0 bridgehead atoms. The van der Waals surface area contributed by atoms with E-state index in [4.69, 9.17) is 11.6 Å². The Morgan fingerprint density at radius 2 is 1.80 bits per heavy atom. The molecule has 2 aromatic carbocycles. The molecule has 2 aliphatic heterocycles. The van der Waals surface area contributed by atoms with E-state index in [2.05, 4.69) is 20.9 Å². The van der Waals surface area contributed by atoms with Gasteiger partial charge in [-0.25, -0.2) is 0 Å². The minimum atomic E-state index is -4.83. The monoisotopic (exact) mass is 587 g/mol. The van der Waals surface area contributed by atoms with Crippen LogP contribution >= 0.6 is 11.6 Å². The quantitative estimate of drug-likeness (QED) is 0.283. The number of amides is 1. The normalized spacial score (nSPS) is 18.2. The lowest BCUT2D eigenvalue weighted by Crippen LogP contribution is -2.57. The van der Waals surface area contributed by atoms with Gasteiger partial charge < -0.3 is 4.90 Å². The molecule has 0 radical (unpaired) electrons. The SMILES string of the molecule is O=C(c1cc([N+](=O)[O-])cc(C(F)(F)F)c1)N1CCN(CCN2CCc3ncccc3C2)C[C@H]1Cc1ccc(Cl)cc1. The first-order valence-corrected chi connectivity index (χ1v) is 13.7. The number of pyridine rings is 1. The zero-order valence-corrected chi connectivity index (χ0v) is 22.9. The minimum Gasteiger partial charge on any atom is -0.333 e. The Morgan fingerprint density at radius 1 is 1.05 bits per heavy atom. The van der Waals surface area contributed by atoms with Crippen LogP contribution in [0.3, 0.4) is 0 Å². The van der Waals surface area contributed by atoms with E-state index in [1.165, 1.54) is 5.56 Å². The first-order chi connectivity index (χ1) is 19.6. The van der Waals surface area contributed by atoms with Crippen LogP contribution in [0.2, 0.25) is 5.02 Å². The van der Waals surface area contributed by atoms with Crippen LogP contribution in [0.15, 0.2) is 60.8 Å². The molecule has 216 valence electrons. The number of hydrogen-bond donors (Lipinski definition) is 0. The topological polar surface area (TPSA) is 82.8 Å². The van der Waals surface area contributed by atoms with Gasteiger partial charge in [-0.15, -0.1) is 0 Å². The summed E-state index contributed by atoms with van der Waals surface area (Å²) >= 11 is 6.05. The highest BCUT2D eigenvalue weighted by atomic mass is 35.5. The van der Waals surface area contributed by atoms with Crippen LogP contribution in [-0.2, 0) is 25.6 Å². The molecule has 1 aromatic heterocycles. The minimum absolute atomic E-state index is 0.286. The summed E-state index contributed by atoms with van der Waals surface area (Å²) in [6, 6.07) is 13.0. The van der Waals surface area contributed by atoms with E-state index in [0.717, 1.165) is 49.9 Å². The van der Waals surface area contributed by atoms with E-state index in [1.54, 1.807) is 17.0 Å². The van der Waals surface area contributed by atoms with Gasteiger partial charge in [0.05, 0.1) is 10.5 Å². The zero-order chi connectivity index (χ0) is 29.1. The van der Waals surface area contributed by atoms with Gasteiger partial charge in [0.15, 0.2) is 0 Å². The van der Waals surface area contributed by atoms with E-state index in [9.17, 15) is 28.1 Å². The van der Waals surface area contributed by atoms with Crippen molar-refractivity contribution in [2.75, 3.05) is 39.3 Å². The zero-order valence-electron chi connectivity index (χ0n) is 22.2. The molecule has 1 saturated heterocycles. The predicted molar refractivity (Wildman–Crippen MR) is 148 cm³/mol. The molecular formula is C29H29ClF3N5O3. The number of hydrogen-bond acceptors (Lipinski definition) is 6. The molecule has 5 rings (SSSR count). The van der Waals surface area contributed by atoms with Gasteiger partial charge in [0.2, 0.25) is 0 Å². The third-order valence-electron chi connectivity index (χ3n) is 7.69. The number of alkyl halides is 3. The van der Waals surface area contributed by atoms with Crippen molar-refractivity contribution in [2.24, 2.45) is 0 Å². The second-order valence-corrected chi connectivity index (χ2v) is 10.9. The second kappa shape index (κ2) is 12.1. The van der Waals surface area contributed by atoms with E-state index < -0.39 is 28.3 Å². The smallest absolute Gasteiger partial charge is 0.333 e. The number of nitrogens with zero attached hydrogens (tertiary/aromatic N) is 5. The Bertz CT molecular complexity index is 1420. The highest BCUT2D eigenvalue weighted by Crippen LogP contribution is 2.33. The van der Waals surface area contributed by atoms with Gasteiger partial charge in [-0.1, -0.05) is 29.8 Å². The van der Waals surface area contributed by atoms with Gasteiger partial charge in [-0.05, 0) is 41.8 Å². The number of non-ortho nitro benzene ring substituents is 1. The number of nitro groups is 1. The summed E-state index contributed by atoms with van der Waals surface area (Å²) < 4.78 is 40.5. The van der Waals surface area contributed by atoms with Crippen LogP contribution in [0, 0.1) is 10.1 Å². The first kappa shape index (κ1) is 29.0. The summed E-state index contributed by atoms with van der Waals surface area (Å²) in [4.78, 5) is 34.7. The van der Waals surface area contributed by atoms with Crippen molar-refractivity contribution in [1.82, 2.24) is 19.7 Å². The van der Waals surface area contributed by atoms with Gasteiger partial charge >= 0.3 is 6.18 Å². The molecule has 41 heavy (non-hydrogen) atoms. The third kappa shape index (κ3) is 7.03. The second-order valence-electron chi connectivity index (χ2n) is 10.4. The van der Waals surface area contributed by atoms with Gasteiger partial charge in [0.1, 0.15) is 0 Å². The van der Waals surface area contributed by atoms with Gasteiger partial charge in [-0.3, -0.25) is 29.7 Å². The molecule has 0 spiro atoms. The van der Waals surface area contributed by atoms with Gasteiger partial charge in [-0.2, -0.15) is 13.2 Å². The molecule has 1 amide bonds. The molecule has 12 heteroatoms. The Kier molecular flexibility index (Phi) is 8.58. The Balaban J connectivity index is 1.33. The fourth-order valence-electron chi connectivity index (χ4n) is 5.52. The lowest BCUT2D eigenvalue weighted by molar-refractivity contribution is -0.385. The number of piperazine rings is 1. The van der Waals surface area contributed by atoms with Crippen LogP contribution in [0.1, 0.15) is 32.7 Å². The maximum atomic E-state index is 13.6. The largest absolute Gasteiger partial charge is 0.416 e. The molecule has 2 aliphatic rings. The summed E-state index contributed by atoms with van der Waals surface area (Å²) in [5.74, 6) is -0.655. The average molecular weight is 588 g/mol. The number of carbonyl (C=O) groups excluding carboxylic acids is 1. The Morgan fingerprint density at radius 3 is 2.54 bits per heavy atom. The Labute approximate surface area is 240 Å². The molecule has 0 aliphatic carbocycles. The van der Waals surface area contributed by atoms with Crippen molar-refractivity contribution in [3.8, 4) is 0 Å². The fourth-order valence-corrected chi connectivity index (χ4v) is 5.65. The molecular weight excluding hydrogens is 559 g/mol. The van der Waals surface area contributed by atoms with E-state index in [0.29, 0.717) is 36.7 Å². The van der Waals surface area contributed by atoms with Gasteiger partial charge in [0, 0.05) is 92.9 Å². The number of fused-ring (bicyclic) bond motifs is 1. The highest BCUT2D eigenvalue weighted by molar-refractivity contribution is 6.30. The maximum Gasteiger partial charge on any atom is 0.416 e. The van der Waals surface area contributed by atoms with Crippen LogP contribution < -0.4 is 0 Å². The average Bonchev–Trinajstić information content (AvgIpc) is 2.96. The van der Waals surface area contributed by atoms with Crippen molar-refractivity contribution in [3.05, 3.63) is 104 Å². The van der Waals surface area contributed by atoms with Crippen molar-refractivity contribution in [1.29, 1.82) is 0 Å². The molecule has 0 saturated carbocycles. The third-order valence-corrected chi connectivity index (χ3v) is 7.94. The van der Waals surface area contributed by atoms with Crippen LogP contribution in [-0.4, -0.2) is 75.8 Å². The number of aromatic nitrogens is 1. The standard InChI is InChI=1S/C29H29ClF3N5O3/c30-24-5-3-20(4-6-24)14-26-19-36(11-10-35-9-7-27-21(18-35)2-1-8-34-27)12-13-37(26)28(39)22-15-23(29(31,32)33)17-25(16-22)38(40)41/h1-6,8,15-17,26H,7,9-14,18-19H2/t26-/m1/s1. The predicted octanol–water partition coefficient (Wildman–Crippen LogP) is 5.09. The fraction of sp³-hybridized carbons (Fsp3) is 0.379. The molecule has 0 unspecified atom stereocenters. The van der Waals surface area contributed by atoms with Crippen LogP contribution in [0.5, 0.6) is 0 Å². The maximum absolute atomic E-state index is 13.6. The lowest BCUT2D eigenvalue weighted by atomic mass is 10.00. The van der Waals surface area contributed by atoms with E-state index in [-0.39, 0.29) is 18.2 Å². The Hall–Kier alpha value is -3.54. The number of halogens is 4. The molecule has 3 heterocycles. The number of rotatable bonds is 7. The summed E-state index contributed by atoms with van der Waals surface area (Å²) in [7, 11) is 0. The van der Waals surface area contributed by atoms with E-state index >= 15 is 0 Å². The van der Waals surface area contributed by atoms with Crippen LogP contribution in [0.4, 0.5) is 18.9 Å². The molecule has 3 aromatic rings.